The van der Waals surface area contributed by atoms with Crippen molar-refractivity contribution >= 4 is 79.0 Å². The largest absolute Gasteiger partial charge is 0.492 e. The van der Waals surface area contributed by atoms with E-state index in [2.05, 4.69) is 76.4 Å². The van der Waals surface area contributed by atoms with Crippen LogP contribution in [0.3, 0.4) is 0 Å². The molecule has 3 aliphatic heterocycles. The number of halogens is 2. The predicted octanol–water partition coefficient (Wildman–Crippen LogP) is 7.54. The van der Waals surface area contributed by atoms with Crippen LogP contribution in [0.5, 0.6) is 11.5 Å². The first kappa shape index (κ1) is 57.5. The SMILES string of the molecule is [B]P(=O)(OC[C@H]1O[C@@H](n2cnc3c(N)ncnc32)[C@H](F)[C@@H]1OP(=O)(OCC)SCc1ccc(OC(=O)c2ccc(OCCn3nnc4c3-c3ccccc3N(C)Cc3ccccc3-4)cc2)cc1)O[C@@H]1CO[C@@H](n2cnc3c(=O)[nH]c(N)nc32)[C@@H]1F. The number of rotatable bonds is 20. The first-order valence-electron chi connectivity index (χ1n) is 26.4. The summed E-state index contributed by atoms with van der Waals surface area (Å²) in [6.45, 7) is -2.80. The number of aromatic amines is 1. The third-order valence-electron chi connectivity index (χ3n) is 14.1. The molecule has 9 atom stereocenters. The van der Waals surface area contributed by atoms with Crippen LogP contribution in [0.2, 0.25) is 0 Å². The number of hydrogen-bond donors (Lipinski definition) is 3. The molecule has 438 valence electrons. The van der Waals surface area contributed by atoms with Crippen LogP contribution in [0.25, 0.3) is 44.8 Å². The van der Waals surface area contributed by atoms with Crippen molar-refractivity contribution in [3.8, 4) is 34.0 Å². The highest BCUT2D eigenvalue weighted by Gasteiger charge is 2.52. The number of fused-ring (bicyclic) bond motifs is 7. The van der Waals surface area contributed by atoms with E-state index < -0.39 is 82.1 Å². The van der Waals surface area contributed by atoms with Gasteiger partial charge < -0.3 is 48.9 Å². The van der Waals surface area contributed by atoms with Gasteiger partial charge in [0, 0.05) is 36.2 Å². The van der Waals surface area contributed by atoms with Crippen molar-refractivity contribution in [2.24, 2.45) is 0 Å². The monoisotopic (exact) mass is 1220 g/mol. The minimum Gasteiger partial charge on any atom is -0.492 e. The molecule has 2 fully saturated rings. The predicted molar refractivity (Wildman–Crippen MR) is 307 cm³/mol. The molecule has 0 bridgehead atoms. The Morgan fingerprint density at radius 2 is 1.59 bits per heavy atom. The van der Waals surface area contributed by atoms with Crippen molar-refractivity contribution in [2.75, 3.05) is 49.8 Å². The summed E-state index contributed by atoms with van der Waals surface area (Å²) in [5, 5.41) is 9.17. The summed E-state index contributed by atoms with van der Waals surface area (Å²) in [5.74, 6) is -0.138. The minimum absolute atomic E-state index is 0.000907. The second kappa shape index (κ2) is 23.9. The number of carbonyl (C=O) groups is 1. The maximum atomic E-state index is 17.0. The van der Waals surface area contributed by atoms with Crippen LogP contribution >= 0.6 is 25.7 Å². The van der Waals surface area contributed by atoms with Gasteiger partial charge in [0.2, 0.25) is 13.5 Å². The van der Waals surface area contributed by atoms with E-state index in [1.807, 2.05) is 28.9 Å². The zero-order valence-electron chi connectivity index (χ0n) is 45.1. The Hall–Kier alpha value is -7.92. The first-order valence-corrected chi connectivity index (χ1v) is 31.1. The number of nitrogens with two attached hydrogens (primary N) is 2. The highest BCUT2D eigenvalue weighted by Crippen LogP contribution is 2.64. The molecule has 5 aromatic heterocycles. The van der Waals surface area contributed by atoms with E-state index in [0.29, 0.717) is 17.9 Å². The van der Waals surface area contributed by atoms with Crippen molar-refractivity contribution < 1.29 is 59.7 Å². The van der Waals surface area contributed by atoms with Crippen LogP contribution in [-0.4, -0.2) is 132 Å². The Labute approximate surface area is 486 Å². The van der Waals surface area contributed by atoms with Gasteiger partial charge in [0.05, 0.1) is 50.3 Å². The summed E-state index contributed by atoms with van der Waals surface area (Å²) >= 11 is 0.733. The zero-order chi connectivity index (χ0) is 59.1. The van der Waals surface area contributed by atoms with Gasteiger partial charge in [0.15, 0.2) is 47.4 Å². The van der Waals surface area contributed by atoms with Crippen LogP contribution in [0.4, 0.5) is 26.2 Å². The van der Waals surface area contributed by atoms with Crippen molar-refractivity contribution in [1.29, 1.82) is 0 Å². The lowest BCUT2D eigenvalue weighted by molar-refractivity contribution is -0.0422. The molecule has 0 aliphatic carbocycles. The quantitative estimate of drug-likeness (QED) is 0.0287. The lowest BCUT2D eigenvalue weighted by atomic mass is 9.96. The summed E-state index contributed by atoms with van der Waals surface area (Å²) < 4.78 is 112. The first-order chi connectivity index (χ1) is 41.0. The lowest BCUT2D eigenvalue weighted by Gasteiger charge is -2.26. The summed E-state index contributed by atoms with van der Waals surface area (Å²) in [6, 6.07) is 29.3. The third-order valence-corrected chi connectivity index (χ3v) is 19.0. The number of anilines is 3. The molecule has 3 aliphatic rings. The van der Waals surface area contributed by atoms with E-state index in [1.165, 1.54) is 10.9 Å². The number of nitrogens with zero attached hydrogens (tertiary/aromatic N) is 11. The van der Waals surface area contributed by atoms with Gasteiger partial charge in [0.1, 0.15) is 54.0 Å². The van der Waals surface area contributed by atoms with E-state index in [4.69, 9.17) is 56.1 Å². The number of nitrogen functional groups attached to an aromatic ring is 2. The molecule has 26 nitrogen and oxygen atoms in total. The van der Waals surface area contributed by atoms with Crippen LogP contribution in [0.1, 0.15) is 40.9 Å². The van der Waals surface area contributed by atoms with Gasteiger partial charge in [-0.2, -0.15) is 4.98 Å². The molecule has 0 spiro atoms. The summed E-state index contributed by atoms with van der Waals surface area (Å²) in [6.07, 6.45) is -8.64. The number of nitrogens with one attached hydrogen (secondary N) is 1. The maximum absolute atomic E-state index is 17.0. The number of H-pyrrole nitrogens is 1. The number of imidazole rings is 2. The number of para-hydroxylation sites is 1. The number of hydrogen-bond acceptors (Lipinski definition) is 23. The van der Waals surface area contributed by atoms with E-state index in [-0.39, 0.29) is 64.4 Å². The van der Waals surface area contributed by atoms with E-state index in [1.54, 1.807) is 55.5 Å². The molecular formula is C53H51BF2N14O12P2S. The normalized spacial score (nSPS) is 21.6. The maximum Gasteiger partial charge on any atom is 0.389 e. The van der Waals surface area contributed by atoms with E-state index in [9.17, 15) is 18.7 Å². The number of alkyl halides is 2. The molecule has 0 amide bonds. The third kappa shape index (κ3) is 11.8. The molecule has 2 unspecified atom stereocenters. The molecule has 9 aromatic rings. The van der Waals surface area contributed by atoms with Gasteiger partial charge in [0.25, 0.3) is 13.0 Å². The Kier molecular flexibility index (Phi) is 16.1. The fraction of sp³-hybridized carbons (Fsp3) is 0.302. The second-order valence-electron chi connectivity index (χ2n) is 19.7. The summed E-state index contributed by atoms with van der Waals surface area (Å²) in [7, 11) is 3.32. The fourth-order valence-corrected chi connectivity index (χ4v) is 14.6. The molecular weight excluding hydrogens is 1170 g/mol. The zero-order valence-corrected chi connectivity index (χ0v) is 47.7. The summed E-state index contributed by atoms with van der Waals surface area (Å²) in [4.78, 5) is 50.5. The van der Waals surface area contributed by atoms with Crippen LogP contribution in [0.15, 0.2) is 121 Å². The van der Waals surface area contributed by atoms with Crippen LogP contribution in [0, 0.1) is 0 Å². The average molecular weight is 1220 g/mol. The Balaban J connectivity index is 0.674. The van der Waals surface area contributed by atoms with E-state index >= 15 is 8.78 Å². The van der Waals surface area contributed by atoms with Crippen molar-refractivity contribution in [3.05, 3.63) is 143 Å². The highest BCUT2D eigenvalue weighted by atomic mass is 32.7. The highest BCUT2D eigenvalue weighted by molar-refractivity contribution is 8.54. The second-order valence-corrected chi connectivity index (χ2v) is 25.2. The Morgan fingerprint density at radius 3 is 2.38 bits per heavy atom. The molecule has 2 saturated heterocycles. The standard InChI is InChI=1S/C53H51BF2N14O12P2S/c1-3-77-84(74,82-45-38(80-51(40(45)56)68-27-61-42-46(57)59-26-60-47(42)68)24-78-83(54,73)81-37-23-76-50(39(37)55)69-28-62-43-48(69)63-53(58)64-49(43)71)85-25-29-12-16-33(17-13-29)79-52(72)30-14-18-32(19-15-30)75-21-20-70-44-35-10-6-7-11-36(35)67(2)22-31-8-4-5-9-34(31)41(44)65-66-70/h4-19,26-28,37-40,45,50-51H,3,20-25H2,1-2H3,(H2,57,59,60)(H3,58,63,64,71)/t37-,38-,39-,40-,45-,50-,51-,83?,84?/m1/s1. The van der Waals surface area contributed by atoms with Crippen molar-refractivity contribution in [1.82, 2.24) is 54.0 Å². The van der Waals surface area contributed by atoms with Gasteiger partial charge in [-0.3, -0.25) is 28.0 Å². The van der Waals surface area contributed by atoms with Crippen LogP contribution < -0.4 is 31.4 Å². The number of carbonyl (C=O) groups excluding carboxylic acids is 1. The van der Waals surface area contributed by atoms with E-state index in [0.717, 1.165) is 68.9 Å². The number of benzene rings is 4. The molecule has 5 N–H and O–H groups in total. The minimum atomic E-state index is -4.75. The smallest absolute Gasteiger partial charge is 0.389 e. The van der Waals surface area contributed by atoms with Gasteiger partial charge in [-0.25, -0.2) is 42.8 Å². The molecule has 2 radical (unpaired) electrons. The topological polar surface area (TPSA) is 318 Å². The average Bonchev–Trinajstić information content (AvgIpc) is 2.16. The molecule has 85 heavy (non-hydrogen) atoms. The van der Waals surface area contributed by atoms with Crippen molar-refractivity contribution in [3.63, 3.8) is 0 Å². The number of aromatic nitrogens is 11. The Bertz CT molecular complexity index is 4110. The fourth-order valence-electron chi connectivity index (χ4n) is 10.1. The van der Waals surface area contributed by atoms with Gasteiger partial charge in [-0.05, 0) is 71.9 Å². The number of esters is 1. The lowest BCUT2D eigenvalue weighted by Crippen LogP contribution is -2.34. The van der Waals surface area contributed by atoms with Crippen LogP contribution in [-0.2, 0) is 55.5 Å². The van der Waals surface area contributed by atoms with Gasteiger partial charge >= 0.3 is 12.8 Å². The van der Waals surface area contributed by atoms with Crippen molar-refractivity contribution in [2.45, 2.75) is 68.9 Å². The molecule has 4 aromatic carbocycles. The number of ether oxygens (including phenoxy) is 4. The molecule has 12 rings (SSSR count). The molecule has 8 heterocycles. The van der Waals surface area contributed by atoms with Gasteiger partial charge in [-0.15, -0.1) is 5.10 Å². The van der Waals surface area contributed by atoms with Gasteiger partial charge in [-0.1, -0.05) is 59.8 Å². The molecule has 0 saturated carbocycles. The molecule has 32 heteroatoms. The Morgan fingerprint density at radius 1 is 0.859 bits per heavy atom. The summed E-state index contributed by atoms with van der Waals surface area (Å²) in [5.41, 5.74) is 17.8.